The minimum atomic E-state index is -0.425. The first-order valence-electron chi connectivity index (χ1n) is 7.49. The largest absolute Gasteiger partial charge is 0.256 e. The van der Waals surface area contributed by atoms with Gasteiger partial charge in [0.25, 0.3) is 0 Å². The molecule has 0 unspecified atom stereocenters. The van der Waals surface area contributed by atoms with Crippen molar-refractivity contribution in [2.75, 3.05) is 0 Å². The van der Waals surface area contributed by atoms with E-state index >= 15 is 0 Å². The van der Waals surface area contributed by atoms with Crippen LogP contribution in [-0.4, -0.2) is 20.0 Å². The topological polar surface area (TPSA) is 43.6 Å². The van der Waals surface area contributed by atoms with Crippen LogP contribution in [0.3, 0.4) is 0 Å². The summed E-state index contributed by atoms with van der Waals surface area (Å²) in [6.45, 7) is 0.385. The minimum Gasteiger partial charge on any atom is -0.256 e. The third-order valence-corrected chi connectivity index (χ3v) is 4.08. The maximum absolute atomic E-state index is 14.0. The van der Waals surface area contributed by atoms with E-state index in [1.807, 2.05) is 6.07 Å². The minimum absolute atomic E-state index is 0.336. The standard InChI is InChI=1S/C18H11ClF2N4/c19-12-2-4-14(15(21)7-12)16-5-1-11(9-22-16)10-25-18-8-13(20)3-6-17(18)23-24-25/h1-9H,10H2. The molecule has 0 fully saturated rings. The molecular weight excluding hydrogens is 346 g/mol. The van der Waals surface area contributed by atoms with Crippen molar-refractivity contribution >= 4 is 22.6 Å². The average molecular weight is 357 g/mol. The number of pyridine rings is 1. The Kier molecular flexibility index (Phi) is 3.89. The zero-order valence-corrected chi connectivity index (χ0v) is 13.6. The van der Waals surface area contributed by atoms with E-state index in [1.165, 1.54) is 18.2 Å². The number of fused-ring (bicyclic) bond motifs is 1. The van der Waals surface area contributed by atoms with E-state index in [4.69, 9.17) is 11.6 Å². The van der Waals surface area contributed by atoms with Crippen LogP contribution < -0.4 is 0 Å². The molecule has 0 saturated heterocycles. The van der Waals surface area contributed by atoms with Crippen molar-refractivity contribution in [1.29, 1.82) is 0 Å². The molecular formula is C18H11ClF2N4. The monoisotopic (exact) mass is 356 g/mol. The average Bonchev–Trinajstić information content (AvgIpc) is 2.98. The van der Waals surface area contributed by atoms with Crippen LogP contribution >= 0.6 is 11.6 Å². The molecule has 0 saturated carbocycles. The van der Waals surface area contributed by atoms with Crippen molar-refractivity contribution in [2.24, 2.45) is 0 Å². The number of halogens is 3. The van der Waals surface area contributed by atoms with E-state index < -0.39 is 5.82 Å². The van der Waals surface area contributed by atoms with Crippen LogP contribution in [0, 0.1) is 11.6 Å². The van der Waals surface area contributed by atoms with Gasteiger partial charge in [-0.25, -0.2) is 13.5 Å². The van der Waals surface area contributed by atoms with Crippen LogP contribution in [0.5, 0.6) is 0 Å². The molecule has 0 aliphatic rings. The van der Waals surface area contributed by atoms with E-state index in [0.29, 0.717) is 33.9 Å². The van der Waals surface area contributed by atoms with Gasteiger partial charge in [-0.1, -0.05) is 22.9 Å². The predicted molar refractivity (Wildman–Crippen MR) is 91.2 cm³/mol. The van der Waals surface area contributed by atoms with E-state index in [-0.39, 0.29) is 5.82 Å². The Morgan fingerprint density at radius 1 is 1.00 bits per heavy atom. The van der Waals surface area contributed by atoms with Crippen LogP contribution in [0.15, 0.2) is 54.7 Å². The maximum Gasteiger partial charge on any atom is 0.134 e. The van der Waals surface area contributed by atoms with Crippen molar-refractivity contribution in [3.05, 3.63) is 76.9 Å². The summed E-state index contributed by atoms with van der Waals surface area (Å²) in [6.07, 6.45) is 1.64. The molecule has 0 aliphatic heterocycles. The van der Waals surface area contributed by atoms with Crippen molar-refractivity contribution in [3.8, 4) is 11.3 Å². The van der Waals surface area contributed by atoms with Crippen molar-refractivity contribution in [3.63, 3.8) is 0 Å². The number of rotatable bonds is 3. The first-order valence-corrected chi connectivity index (χ1v) is 7.87. The molecule has 2 heterocycles. The highest BCUT2D eigenvalue weighted by Gasteiger charge is 2.09. The van der Waals surface area contributed by atoms with Gasteiger partial charge in [-0.15, -0.1) is 5.10 Å². The molecule has 4 rings (SSSR count). The van der Waals surface area contributed by atoms with Gasteiger partial charge in [-0.2, -0.15) is 0 Å². The number of hydrogen-bond acceptors (Lipinski definition) is 3. The highest BCUT2D eigenvalue weighted by Crippen LogP contribution is 2.24. The van der Waals surface area contributed by atoms with E-state index in [2.05, 4.69) is 15.3 Å². The highest BCUT2D eigenvalue weighted by molar-refractivity contribution is 6.30. The molecule has 0 spiro atoms. The fourth-order valence-corrected chi connectivity index (χ4v) is 2.76. The lowest BCUT2D eigenvalue weighted by Gasteiger charge is -2.06. The number of hydrogen-bond donors (Lipinski definition) is 0. The Bertz CT molecular complexity index is 1060. The maximum atomic E-state index is 14.0. The van der Waals surface area contributed by atoms with Gasteiger partial charge in [0.15, 0.2) is 0 Å². The Morgan fingerprint density at radius 3 is 2.64 bits per heavy atom. The quantitative estimate of drug-likeness (QED) is 0.544. The fraction of sp³-hybridized carbons (Fsp3) is 0.0556. The molecule has 124 valence electrons. The Hall–Kier alpha value is -2.86. The second-order valence-corrected chi connectivity index (χ2v) is 5.99. The molecule has 0 amide bonds. The fourth-order valence-electron chi connectivity index (χ4n) is 2.60. The Morgan fingerprint density at radius 2 is 1.88 bits per heavy atom. The molecule has 7 heteroatoms. The van der Waals surface area contributed by atoms with Crippen LogP contribution in [0.4, 0.5) is 8.78 Å². The molecule has 0 N–H and O–H groups in total. The summed E-state index contributed by atoms with van der Waals surface area (Å²) in [6, 6.07) is 12.3. The summed E-state index contributed by atoms with van der Waals surface area (Å²) in [5.41, 5.74) is 2.95. The SMILES string of the molecule is Fc1ccc2nnn(Cc3ccc(-c4ccc(Cl)cc4F)nc3)c2c1. The number of benzene rings is 2. The van der Waals surface area contributed by atoms with Gasteiger partial charge < -0.3 is 0 Å². The number of nitrogens with zero attached hydrogens (tertiary/aromatic N) is 4. The predicted octanol–water partition coefficient (Wildman–Crippen LogP) is 4.47. The molecule has 2 aromatic heterocycles. The Labute approximate surface area is 146 Å². The number of aromatic nitrogens is 4. The zero-order chi connectivity index (χ0) is 17.4. The first kappa shape index (κ1) is 15.7. The lowest BCUT2D eigenvalue weighted by molar-refractivity contribution is 0.625. The normalized spacial score (nSPS) is 11.2. The van der Waals surface area contributed by atoms with E-state index in [0.717, 1.165) is 5.56 Å². The molecule has 0 aliphatic carbocycles. The molecule has 25 heavy (non-hydrogen) atoms. The van der Waals surface area contributed by atoms with Gasteiger partial charge in [0.05, 0.1) is 17.8 Å². The molecule has 4 nitrogen and oxygen atoms in total. The zero-order valence-electron chi connectivity index (χ0n) is 12.8. The second kappa shape index (κ2) is 6.22. The summed E-state index contributed by atoms with van der Waals surface area (Å²) in [4.78, 5) is 4.30. The molecule has 0 atom stereocenters. The van der Waals surface area contributed by atoms with E-state index in [9.17, 15) is 8.78 Å². The van der Waals surface area contributed by atoms with Crippen molar-refractivity contribution in [1.82, 2.24) is 20.0 Å². The summed E-state index contributed by atoms with van der Waals surface area (Å²) < 4.78 is 29.0. The van der Waals surface area contributed by atoms with Gasteiger partial charge in [0, 0.05) is 22.8 Å². The van der Waals surface area contributed by atoms with Gasteiger partial charge >= 0.3 is 0 Å². The van der Waals surface area contributed by atoms with Crippen molar-refractivity contribution < 1.29 is 8.78 Å². The van der Waals surface area contributed by atoms with Crippen LogP contribution in [-0.2, 0) is 6.54 Å². The van der Waals surface area contributed by atoms with Gasteiger partial charge in [-0.05, 0) is 42.0 Å². The van der Waals surface area contributed by atoms with Gasteiger partial charge in [0.2, 0.25) is 0 Å². The van der Waals surface area contributed by atoms with Crippen LogP contribution in [0.1, 0.15) is 5.56 Å². The molecule has 4 aromatic rings. The summed E-state index contributed by atoms with van der Waals surface area (Å²) in [5.74, 6) is -0.770. The molecule has 0 bridgehead atoms. The highest BCUT2D eigenvalue weighted by atomic mass is 35.5. The smallest absolute Gasteiger partial charge is 0.134 e. The molecule has 0 radical (unpaired) electrons. The first-order chi connectivity index (χ1) is 12.1. The van der Waals surface area contributed by atoms with Crippen molar-refractivity contribution in [2.45, 2.75) is 6.54 Å². The van der Waals surface area contributed by atoms with E-state index in [1.54, 1.807) is 35.1 Å². The van der Waals surface area contributed by atoms with Gasteiger partial charge in [0.1, 0.15) is 17.2 Å². The summed E-state index contributed by atoms with van der Waals surface area (Å²) in [7, 11) is 0. The van der Waals surface area contributed by atoms with Crippen LogP contribution in [0.2, 0.25) is 5.02 Å². The lowest BCUT2D eigenvalue weighted by atomic mass is 10.1. The Balaban J connectivity index is 1.62. The van der Waals surface area contributed by atoms with Crippen LogP contribution in [0.25, 0.3) is 22.3 Å². The third-order valence-electron chi connectivity index (χ3n) is 3.84. The van der Waals surface area contributed by atoms with Gasteiger partial charge in [-0.3, -0.25) is 4.98 Å². The summed E-state index contributed by atoms with van der Waals surface area (Å²) >= 11 is 5.77. The summed E-state index contributed by atoms with van der Waals surface area (Å²) in [5, 5.41) is 8.37. The lowest BCUT2D eigenvalue weighted by Crippen LogP contribution is -2.02. The molecule has 2 aromatic carbocycles. The second-order valence-electron chi connectivity index (χ2n) is 5.56. The third kappa shape index (κ3) is 3.08.